The number of hydrogen-bond donors (Lipinski definition) is 1. The van der Waals surface area contributed by atoms with Crippen LogP contribution in [0.1, 0.15) is 18.5 Å². The zero-order chi connectivity index (χ0) is 11.7. The number of hydrogen-bond acceptors (Lipinski definition) is 4. The van der Waals surface area contributed by atoms with Crippen molar-refractivity contribution < 1.29 is 4.52 Å². The minimum Gasteiger partial charge on any atom is -0.324 e. The predicted molar refractivity (Wildman–Crippen MR) is 59.8 cm³/mol. The van der Waals surface area contributed by atoms with E-state index in [0.717, 1.165) is 11.1 Å². The van der Waals surface area contributed by atoms with Gasteiger partial charge < -0.3 is 5.73 Å². The van der Waals surface area contributed by atoms with Gasteiger partial charge in [0.15, 0.2) is 5.82 Å². The molecular formula is C11H13N3O2. The molecule has 1 unspecified atom stereocenters. The molecule has 1 aromatic carbocycles. The largest absolute Gasteiger partial charge is 0.441 e. The van der Waals surface area contributed by atoms with Gasteiger partial charge in [0.25, 0.3) is 0 Å². The molecule has 84 valence electrons. The van der Waals surface area contributed by atoms with E-state index in [0.29, 0.717) is 5.82 Å². The molecule has 0 aliphatic carbocycles. The Balaban J connectivity index is 2.42. The fraction of sp³-hybridized carbons (Fsp3) is 0.273. The Hall–Kier alpha value is -1.88. The quantitative estimate of drug-likeness (QED) is 0.819. The van der Waals surface area contributed by atoms with Crippen molar-refractivity contribution in [1.82, 2.24) is 9.72 Å². The van der Waals surface area contributed by atoms with Crippen LogP contribution in [0, 0.1) is 0 Å². The average Bonchev–Trinajstić information content (AvgIpc) is 2.60. The maximum atomic E-state index is 11.1. The molecule has 16 heavy (non-hydrogen) atoms. The highest BCUT2D eigenvalue weighted by atomic mass is 16.5. The lowest BCUT2D eigenvalue weighted by Gasteiger charge is -2.05. The maximum Gasteiger partial charge on any atom is 0.441 e. The van der Waals surface area contributed by atoms with Crippen molar-refractivity contribution in [1.29, 1.82) is 0 Å². The number of rotatable bonds is 2. The van der Waals surface area contributed by atoms with E-state index in [1.165, 1.54) is 4.57 Å². The van der Waals surface area contributed by atoms with Gasteiger partial charge >= 0.3 is 5.76 Å². The van der Waals surface area contributed by atoms with E-state index in [4.69, 9.17) is 5.73 Å². The SMILES string of the molecule is CC(N)c1ccc(-c2noc(=O)n2C)cc1. The molecule has 5 nitrogen and oxygen atoms in total. The van der Waals surface area contributed by atoms with Gasteiger partial charge in [-0.15, -0.1) is 0 Å². The molecule has 1 heterocycles. The number of aromatic nitrogens is 2. The fourth-order valence-corrected chi connectivity index (χ4v) is 1.47. The molecule has 2 rings (SSSR count). The minimum absolute atomic E-state index is 0.00446. The molecule has 0 saturated heterocycles. The fourth-order valence-electron chi connectivity index (χ4n) is 1.47. The molecule has 1 atom stereocenters. The lowest BCUT2D eigenvalue weighted by atomic mass is 10.1. The third kappa shape index (κ3) is 1.77. The van der Waals surface area contributed by atoms with Crippen molar-refractivity contribution in [3.8, 4) is 11.4 Å². The average molecular weight is 219 g/mol. The van der Waals surface area contributed by atoms with Crippen molar-refractivity contribution in [2.24, 2.45) is 12.8 Å². The summed E-state index contributed by atoms with van der Waals surface area (Å²) in [4.78, 5) is 11.1. The summed E-state index contributed by atoms with van der Waals surface area (Å²) in [6, 6.07) is 7.57. The highest BCUT2D eigenvalue weighted by Gasteiger charge is 2.09. The first kappa shape index (κ1) is 10.6. The van der Waals surface area contributed by atoms with Gasteiger partial charge in [-0.05, 0) is 12.5 Å². The van der Waals surface area contributed by atoms with Gasteiger partial charge in [0.1, 0.15) is 0 Å². The van der Waals surface area contributed by atoms with Crippen molar-refractivity contribution in [2.45, 2.75) is 13.0 Å². The topological polar surface area (TPSA) is 74.1 Å². The number of nitrogens with zero attached hydrogens (tertiary/aromatic N) is 2. The maximum absolute atomic E-state index is 11.1. The predicted octanol–water partition coefficient (Wildman–Crippen LogP) is 1.06. The summed E-state index contributed by atoms with van der Waals surface area (Å²) in [5.41, 5.74) is 7.62. The summed E-state index contributed by atoms with van der Waals surface area (Å²) in [6.07, 6.45) is 0. The van der Waals surface area contributed by atoms with E-state index < -0.39 is 5.76 Å². The monoisotopic (exact) mass is 219 g/mol. The van der Waals surface area contributed by atoms with E-state index in [9.17, 15) is 4.79 Å². The van der Waals surface area contributed by atoms with Gasteiger partial charge in [-0.25, -0.2) is 4.79 Å². The second kappa shape index (κ2) is 3.94. The molecule has 0 fully saturated rings. The summed E-state index contributed by atoms with van der Waals surface area (Å²) < 4.78 is 5.92. The highest BCUT2D eigenvalue weighted by molar-refractivity contribution is 5.55. The Morgan fingerprint density at radius 2 is 2.00 bits per heavy atom. The van der Waals surface area contributed by atoms with E-state index in [1.54, 1.807) is 7.05 Å². The first-order chi connectivity index (χ1) is 7.59. The summed E-state index contributed by atoms with van der Waals surface area (Å²) in [6.45, 7) is 1.92. The lowest BCUT2D eigenvalue weighted by Crippen LogP contribution is -2.10. The van der Waals surface area contributed by atoms with Crippen molar-refractivity contribution >= 4 is 0 Å². The van der Waals surface area contributed by atoms with Crippen LogP contribution < -0.4 is 11.5 Å². The van der Waals surface area contributed by atoms with Crippen molar-refractivity contribution in [2.75, 3.05) is 0 Å². The third-order valence-electron chi connectivity index (χ3n) is 2.50. The van der Waals surface area contributed by atoms with Crippen LogP contribution in [0.15, 0.2) is 33.6 Å². The van der Waals surface area contributed by atoms with Crippen LogP contribution >= 0.6 is 0 Å². The van der Waals surface area contributed by atoms with E-state index in [-0.39, 0.29) is 6.04 Å². The second-order valence-electron chi connectivity index (χ2n) is 3.74. The molecule has 0 radical (unpaired) electrons. The molecule has 2 N–H and O–H groups in total. The van der Waals surface area contributed by atoms with Crippen LogP contribution in [-0.4, -0.2) is 9.72 Å². The third-order valence-corrected chi connectivity index (χ3v) is 2.50. The van der Waals surface area contributed by atoms with Gasteiger partial charge in [-0.3, -0.25) is 9.09 Å². The molecule has 0 spiro atoms. The summed E-state index contributed by atoms with van der Waals surface area (Å²) in [5.74, 6) is 0.0486. The van der Waals surface area contributed by atoms with E-state index in [1.807, 2.05) is 31.2 Å². The second-order valence-corrected chi connectivity index (χ2v) is 3.74. The highest BCUT2D eigenvalue weighted by Crippen LogP contribution is 2.18. The van der Waals surface area contributed by atoms with E-state index in [2.05, 4.69) is 9.68 Å². The molecule has 0 bridgehead atoms. The molecule has 0 saturated carbocycles. The molecule has 2 aromatic rings. The first-order valence-electron chi connectivity index (χ1n) is 4.98. The minimum atomic E-state index is -0.466. The molecule has 5 heteroatoms. The van der Waals surface area contributed by atoms with Gasteiger partial charge in [-0.2, -0.15) is 0 Å². The summed E-state index contributed by atoms with van der Waals surface area (Å²) in [7, 11) is 1.62. The van der Waals surface area contributed by atoms with E-state index >= 15 is 0 Å². The summed E-state index contributed by atoms with van der Waals surface area (Å²) in [5, 5.41) is 3.70. The first-order valence-corrected chi connectivity index (χ1v) is 4.98. The Kier molecular flexibility index (Phi) is 2.62. The Morgan fingerprint density at radius 1 is 1.38 bits per heavy atom. The van der Waals surface area contributed by atoms with Gasteiger partial charge in [0.2, 0.25) is 0 Å². The Bertz CT molecular complexity index is 537. The molecule has 0 amide bonds. The van der Waals surface area contributed by atoms with Crippen molar-refractivity contribution in [3.05, 3.63) is 40.4 Å². The Labute approximate surface area is 92.5 Å². The summed E-state index contributed by atoms with van der Waals surface area (Å²) >= 11 is 0. The molecule has 0 aliphatic heterocycles. The normalized spacial score (nSPS) is 12.7. The van der Waals surface area contributed by atoms with Crippen LogP contribution in [0.2, 0.25) is 0 Å². The zero-order valence-corrected chi connectivity index (χ0v) is 9.18. The van der Waals surface area contributed by atoms with Crippen LogP contribution in [0.25, 0.3) is 11.4 Å². The van der Waals surface area contributed by atoms with Gasteiger partial charge in [0, 0.05) is 18.7 Å². The number of nitrogens with two attached hydrogens (primary N) is 1. The lowest BCUT2D eigenvalue weighted by molar-refractivity contribution is 0.380. The van der Waals surface area contributed by atoms with Crippen LogP contribution in [-0.2, 0) is 7.05 Å². The van der Waals surface area contributed by atoms with Crippen molar-refractivity contribution in [3.63, 3.8) is 0 Å². The van der Waals surface area contributed by atoms with Gasteiger partial charge in [-0.1, -0.05) is 29.4 Å². The number of benzene rings is 1. The molecule has 1 aromatic heterocycles. The van der Waals surface area contributed by atoms with Crippen LogP contribution in [0.4, 0.5) is 0 Å². The zero-order valence-electron chi connectivity index (χ0n) is 9.18. The van der Waals surface area contributed by atoms with Crippen LogP contribution in [0.3, 0.4) is 0 Å². The molecular weight excluding hydrogens is 206 g/mol. The van der Waals surface area contributed by atoms with Gasteiger partial charge in [0.05, 0.1) is 0 Å². The standard InChI is InChI=1S/C11H13N3O2/c1-7(12)8-3-5-9(6-4-8)10-13-16-11(15)14(10)2/h3-7H,12H2,1-2H3. The van der Waals surface area contributed by atoms with Crippen LogP contribution in [0.5, 0.6) is 0 Å². The molecule has 0 aliphatic rings. The smallest absolute Gasteiger partial charge is 0.324 e. The Morgan fingerprint density at radius 3 is 2.44 bits per heavy atom.